The lowest BCUT2D eigenvalue weighted by molar-refractivity contribution is 0.209. The molecule has 8 heteroatoms. The monoisotopic (exact) mass is 381 g/mol. The van der Waals surface area contributed by atoms with E-state index >= 15 is 4.39 Å². The number of rotatable bonds is 2. The number of nitrogens with zero attached hydrogens (tertiary/aromatic N) is 2. The molecule has 3 heterocycles. The summed E-state index contributed by atoms with van der Waals surface area (Å²) >= 11 is 0. The number of fused-ring (bicyclic) bond motifs is 2. The molecule has 28 heavy (non-hydrogen) atoms. The van der Waals surface area contributed by atoms with Crippen LogP contribution in [0.3, 0.4) is 0 Å². The molecular weight excluding hydrogens is 361 g/mol. The fourth-order valence-corrected chi connectivity index (χ4v) is 3.67. The van der Waals surface area contributed by atoms with Crippen LogP contribution in [0.2, 0.25) is 0 Å². The van der Waals surface area contributed by atoms with Gasteiger partial charge in [0, 0.05) is 47.4 Å². The van der Waals surface area contributed by atoms with Crippen LogP contribution in [0, 0.1) is 12.7 Å². The first-order valence-corrected chi connectivity index (χ1v) is 8.95. The van der Waals surface area contributed by atoms with E-state index in [4.69, 9.17) is 16.2 Å². The molecule has 7 nitrogen and oxygen atoms in total. The minimum absolute atomic E-state index is 0.0211. The highest BCUT2D eigenvalue weighted by Gasteiger charge is 2.23. The van der Waals surface area contributed by atoms with Crippen molar-refractivity contribution in [2.24, 2.45) is 5.73 Å². The second-order valence-electron chi connectivity index (χ2n) is 6.99. The molecule has 1 aliphatic heterocycles. The summed E-state index contributed by atoms with van der Waals surface area (Å²) in [6.07, 6.45) is 3.07. The van der Waals surface area contributed by atoms with Gasteiger partial charge in [-0.2, -0.15) is 0 Å². The van der Waals surface area contributed by atoms with Crippen LogP contribution in [-0.4, -0.2) is 22.6 Å². The predicted molar refractivity (Wildman–Crippen MR) is 106 cm³/mol. The van der Waals surface area contributed by atoms with E-state index in [2.05, 4.69) is 22.2 Å². The van der Waals surface area contributed by atoms with Crippen molar-refractivity contribution < 1.29 is 13.9 Å². The Morgan fingerprint density at radius 2 is 2.07 bits per heavy atom. The van der Waals surface area contributed by atoms with E-state index in [1.54, 1.807) is 12.3 Å². The van der Waals surface area contributed by atoms with Crippen LogP contribution in [0.15, 0.2) is 24.5 Å². The molecule has 0 saturated carbocycles. The zero-order valence-electron chi connectivity index (χ0n) is 15.5. The summed E-state index contributed by atoms with van der Waals surface area (Å²) in [7, 11) is 0. The Morgan fingerprint density at radius 1 is 1.29 bits per heavy atom. The van der Waals surface area contributed by atoms with Gasteiger partial charge in [0.1, 0.15) is 0 Å². The molecule has 2 aromatic heterocycles. The number of hydrogen-bond acceptors (Lipinski definition) is 6. The van der Waals surface area contributed by atoms with E-state index in [0.29, 0.717) is 27.8 Å². The number of pyridine rings is 2. The van der Waals surface area contributed by atoms with E-state index in [9.17, 15) is 4.79 Å². The molecule has 0 bridgehead atoms. The molecular formula is C20H20FN5O2. The van der Waals surface area contributed by atoms with Crippen molar-refractivity contribution in [2.45, 2.75) is 26.2 Å². The number of carbonyl (C=O) groups is 1. The van der Waals surface area contributed by atoms with Gasteiger partial charge in [-0.3, -0.25) is 4.98 Å². The number of ether oxygens (including phenoxy) is 1. The van der Waals surface area contributed by atoms with E-state index < -0.39 is 11.9 Å². The summed E-state index contributed by atoms with van der Waals surface area (Å²) in [6, 6.07) is 3.15. The van der Waals surface area contributed by atoms with Gasteiger partial charge in [-0.15, -0.1) is 0 Å². The number of aromatic nitrogens is 2. The van der Waals surface area contributed by atoms with Gasteiger partial charge in [0.25, 0.3) is 0 Å². The Hall–Kier alpha value is -3.42. The predicted octanol–water partition coefficient (Wildman–Crippen LogP) is 3.70. The zero-order chi connectivity index (χ0) is 20.0. The SMILES string of the molecule is Cc1c(-c2cc3cc(OC(N)=O)ncc3c(N)c2F)cnc2c1NCC[C@H]2C. The quantitative estimate of drug-likeness (QED) is 0.583. The van der Waals surface area contributed by atoms with Gasteiger partial charge in [-0.05, 0) is 30.4 Å². The molecule has 0 fully saturated rings. The van der Waals surface area contributed by atoms with Gasteiger partial charge in [0.05, 0.1) is 17.1 Å². The van der Waals surface area contributed by atoms with Crippen molar-refractivity contribution in [3.05, 3.63) is 41.6 Å². The second kappa shape index (κ2) is 6.63. The van der Waals surface area contributed by atoms with Crippen LogP contribution in [0.4, 0.5) is 20.6 Å². The first-order chi connectivity index (χ1) is 13.4. The molecule has 5 N–H and O–H groups in total. The Kier molecular flexibility index (Phi) is 4.26. The van der Waals surface area contributed by atoms with Crippen LogP contribution in [0.5, 0.6) is 5.88 Å². The van der Waals surface area contributed by atoms with Crippen molar-refractivity contribution in [3.63, 3.8) is 0 Å². The maximum Gasteiger partial charge on any atom is 0.411 e. The Bertz CT molecular complexity index is 1120. The van der Waals surface area contributed by atoms with E-state index in [0.717, 1.165) is 29.9 Å². The molecule has 0 spiro atoms. The first kappa shape index (κ1) is 18.0. The van der Waals surface area contributed by atoms with E-state index in [1.165, 1.54) is 12.3 Å². The van der Waals surface area contributed by atoms with Crippen LogP contribution in [0.25, 0.3) is 21.9 Å². The molecule has 0 aliphatic carbocycles. The number of hydrogen-bond donors (Lipinski definition) is 3. The summed E-state index contributed by atoms with van der Waals surface area (Å²) in [5, 5.41) is 4.38. The highest BCUT2D eigenvalue weighted by molar-refractivity contribution is 5.98. The van der Waals surface area contributed by atoms with Gasteiger partial charge in [-0.25, -0.2) is 14.2 Å². The topological polar surface area (TPSA) is 116 Å². The number of primary amides is 1. The number of nitrogens with one attached hydrogen (secondary N) is 1. The summed E-state index contributed by atoms with van der Waals surface area (Å²) in [5.41, 5.74) is 14.9. The number of nitrogen functional groups attached to an aromatic ring is 1. The average Bonchev–Trinajstić information content (AvgIpc) is 2.65. The molecule has 1 aliphatic rings. The van der Waals surface area contributed by atoms with Gasteiger partial charge >= 0.3 is 6.09 Å². The fourth-order valence-electron chi connectivity index (χ4n) is 3.67. The van der Waals surface area contributed by atoms with Crippen LogP contribution in [0.1, 0.15) is 30.5 Å². The summed E-state index contributed by atoms with van der Waals surface area (Å²) < 4.78 is 19.9. The Balaban J connectivity index is 1.91. The van der Waals surface area contributed by atoms with Crippen molar-refractivity contribution in [3.8, 4) is 17.0 Å². The molecule has 1 atom stereocenters. The average molecular weight is 381 g/mol. The number of halogens is 1. The van der Waals surface area contributed by atoms with Crippen molar-refractivity contribution >= 4 is 28.2 Å². The van der Waals surface area contributed by atoms with Crippen molar-refractivity contribution in [1.29, 1.82) is 0 Å². The van der Waals surface area contributed by atoms with Crippen molar-refractivity contribution in [2.75, 3.05) is 17.6 Å². The van der Waals surface area contributed by atoms with Crippen LogP contribution < -0.4 is 21.5 Å². The van der Waals surface area contributed by atoms with Crippen LogP contribution >= 0.6 is 0 Å². The number of carbonyl (C=O) groups excluding carboxylic acids is 1. The number of nitrogens with two attached hydrogens (primary N) is 2. The van der Waals surface area contributed by atoms with Gasteiger partial charge in [-0.1, -0.05) is 6.92 Å². The smallest absolute Gasteiger partial charge is 0.396 e. The molecule has 0 radical (unpaired) electrons. The van der Waals surface area contributed by atoms with Gasteiger partial charge < -0.3 is 21.5 Å². The maximum absolute atomic E-state index is 15.1. The molecule has 3 aromatic rings. The summed E-state index contributed by atoms with van der Waals surface area (Å²) in [4.78, 5) is 19.5. The molecule has 1 amide bonds. The Morgan fingerprint density at radius 3 is 2.82 bits per heavy atom. The third kappa shape index (κ3) is 2.87. The second-order valence-corrected chi connectivity index (χ2v) is 6.99. The number of anilines is 2. The highest BCUT2D eigenvalue weighted by Crippen LogP contribution is 2.40. The standard InChI is InChI=1S/C20H20FN5O2/c1-9-3-4-24-19-10(2)13(7-26-18(9)19)12-5-11-6-15(28-20(23)27)25-8-14(11)17(22)16(12)21/h5-9,24H,3-4,22H2,1-2H3,(H2,23,27)/t9-/m1/s1. The lowest BCUT2D eigenvalue weighted by atomic mass is 9.91. The van der Waals surface area contributed by atoms with Crippen LogP contribution in [-0.2, 0) is 0 Å². The maximum atomic E-state index is 15.1. The third-order valence-electron chi connectivity index (χ3n) is 5.18. The summed E-state index contributed by atoms with van der Waals surface area (Å²) in [5.74, 6) is -0.172. The first-order valence-electron chi connectivity index (χ1n) is 8.95. The number of benzene rings is 1. The minimum Gasteiger partial charge on any atom is -0.396 e. The lowest BCUT2D eigenvalue weighted by Crippen LogP contribution is -2.18. The molecule has 0 saturated heterocycles. The lowest BCUT2D eigenvalue weighted by Gasteiger charge is -2.26. The largest absolute Gasteiger partial charge is 0.411 e. The van der Waals surface area contributed by atoms with Gasteiger partial charge in [0.2, 0.25) is 5.88 Å². The molecule has 1 aromatic carbocycles. The number of amides is 1. The highest BCUT2D eigenvalue weighted by atomic mass is 19.1. The normalized spacial score (nSPS) is 15.8. The van der Waals surface area contributed by atoms with Crippen molar-refractivity contribution in [1.82, 2.24) is 9.97 Å². The zero-order valence-corrected chi connectivity index (χ0v) is 15.5. The fraction of sp³-hybridized carbons (Fsp3) is 0.250. The Labute approximate surface area is 160 Å². The minimum atomic E-state index is -0.975. The van der Waals surface area contributed by atoms with Gasteiger partial charge in [0.15, 0.2) is 5.82 Å². The third-order valence-corrected chi connectivity index (χ3v) is 5.18. The molecule has 0 unspecified atom stereocenters. The molecule has 4 rings (SSSR count). The molecule has 144 valence electrons. The van der Waals surface area contributed by atoms with E-state index in [-0.39, 0.29) is 11.6 Å². The summed E-state index contributed by atoms with van der Waals surface area (Å²) in [6.45, 7) is 4.92. The van der Waals surface area contributed by atoms with E-state index in [1.807, 2.05) is 6.92 Å².